The zero-order valence-electron chi connectivity index (χ0n) is 13.4. The van der Waals surface area contributed by atoms with Crippen molar-refractivity contribution in [2.75, 3.05) is 26.3 Å². The third kappa shape index (κ3) is 8.17. The Kier molecular flexibility index (Phi) is 8.93. The van der Waals surface area contributed by atoms with Crippen molar-refractivity contribution in [3.63, 3.8) is 0 Å². The summed E-state index contributed by atoms with van der Waals surface area (Å²) in [7, 11) is 0. The normalized spacial score (nSPS) is 12.5. The number of guanidine groups is 1. The van der Waals surface area contributed by atoms with Crippen LogP contribution in [0.25, 0.3) is 0 Å². The van der Waals surface area contributed by atoms with E-state index in [0.29, 0.717) is 30.7 Å². The molecule has 1 heterocycles. The highest BCUT2D eigenvalue weighted by molar-refractivity contribution is 7.09. The zero-order valence-corrected chi connectivity index (χ0v) is 14.2. The number of aromatic nitrogens is 1. The van der Waals surface area contributed by atoms with Crippen molar-refractivity contribution in [1.29, 1.82) is 0 Å². The van der Waals surface area contributed by atoms with Crippen LogP contribution < -0.4 is 10.6 Å². The Balaban J connectivity index is 2.43. The molecule has 2 N–H and O–H groups in total. The van der Waals surface area contributed by atoms with Crippen LogP contribution in [0, 0.1) is 0 Å². The van der Waals surface area contributed by atoms with E-state index < -0.39 is 11.9 Å². The van der Waals surface area contributed by atoms with Gasteiger partial charge in [-0.2, -0.15) is 13.2 Å². The second kappa shape index (κ2) is 10.4. The van der Waals surface area contributed by atoms with Crippen LogP contribution in [0.3, 0.4) is 0 Å². The maximum atomic E-state index is 12.5. The van der Waals surface area contributed by atoms with E-state index in [-0.39, 0.29) is 6.54 Å². The van der Waals surface area contributed by atoms with Crippen molar-refractivity contribution in [3.8, 4) is 0 Å². The summed E-state index contributed by atoms with van der Waals surface area (Å²) in [5, 5.41) is 7.44. The number of nitrogens with one attached hydrogen (secondary N) is 2. The van der Waals surface area contributed by atoms with Gasteiger partial charge in [-0.25, -0.2) is 9.98 Å². The van der Waals surface area contributed by atoms with Gasteiger partial charge < -0.3 is 15.4 Å². The van der Waals surface area contributed by atoms with E-state index in [1.165, 1.54) is 0 Å². The Hall–Kier alpha value is -1.35. The Bertz CT molecular complexity index is 477. The Labute approximate surface area is 138 Å². The molecule has 0 unspecified atom stereocenters. The molecule has 0 fully saturated rings. The lowest BCUT2D eigenvalue weighted by Crippen LogP contribution is -2.39. The molecule has 0 atom stereocenters. The van der Waals surface area contributed by atoms with E-state index in [1.54, 1.807) is 0 Å². The standard InChI is InChI=1S/C14H23F3N4OS/c1-3-5-7-22-8-6-19-13(18-4-2)20-9-12-21-11(10-23-12)14(15,16)17/h10H,3-9H2,1-2H3,(H2,18,19,20). The molecule has 0 spiro atoms. The van der Waals surface area contributed by atoms with E-state index in [2.05, 4.69) is 27.5 Å². The van der Waals surface area contributed by atoms with Crippen molar-refractivity contribution in [1.82, 2.24) is 15.6 Å². The summed E-state index contributed by atoms with van der Waals surface area (Å²) >= 11 is 0.955. The summed E-state index contributed by atoms with van der Waals surface area (Å²) in [4.78, 5) is 7.78. The van der Waals surface area contributed by atoms with Crippen LogP contribution in [0.5, 0.6) is 0 Å². The minimum Gasteiger partial charge on any atom is -0.380 e. The highest BCUT2D eigenvalue weighted by Gasteiger charge is 2.33. The van der Waals surface area contributed by atoms with Crippen molar-refractivity contribution < 1.29 is 17.9 Å². The fourth-order valence-electron chi connectivity index (χ4n) is 1.59. The van der Waals surface area contributed by atoms with Gasteiger partial charge in [0.2, 0.25) is 0 Å². The number of unbranched alkanes of at least 4 members (excludes halogenated alkanes) is 1. The fraction of sp³-hybridized carbons (Fsp3) is 0.714. The average Bonchev–Trinajstić information content (AvgIpc) is 2.97. The SMILES string of the molecule is CCCCOCCNC(=NCc1nc(C(F)(F)F)cs1)NCC. The minimum absolute atomic E-state index is 0.104. The van der Waals surface area contributed by atoms with Gasteiger partial charge in [-0.15, -0.1) is 11.3 Å². The van der Waals surface area contributed by atoms with Gasteiger partial charge in [0.15, 0.2) is 11.7 Å². The fourth-order valence-corrected chi connectivity index (χ4v) is 2.32. The molecular weight excluding hydrogens is 329 g/mol. The maximum absolute atomic E-state index is 12.5. The van der Waals surface area contributed by atoms with Crippen molar-refractivity contribution in [3.05, 3.63) is 16.1 Å². The number of hydrogen-bond donors (Lipinski definition) is 2. The van der Waals surface area contributed by atoms with E-state index in [1.807, 2.05) is 6.92 Å². The van der Waals surface area contributed by atoms with Gasteiger partial charge in [0.25, 0.3) is 0 Å². The highest BCUT2D eigenvalue weighted by atomic mass is 32.1. The minimum atomic E-state index is -4.41. The summed E-state index contributed by atoms with van der Waals surface area (Å²) in [5.41, 5.74) is -0.866. The number of thiazole rings is 1. The predicted molar refractivity (Wildman–Crippen MR) is 85.7 cm³/mol. The monoisotopic (exact) mass is 352 g/mol. The van der Waals surface area contributed by atoms with Gasteiger partial charge in [0.05, 0.1) is 13.2 Å². The number of aliphatic imine (C=N–C) groups is 1. The first kappa shape index (κ1) is 19.7. The summed E-state index contributed by atoms with van der Waals surface area (Å²) in [6, 6.07) is 0. The number of nitrogens with zero attached hydrogens (tertiary/aromatic N) is 2. The molecule has 1 rings (SSSR count). The van der Waals surface area contributed by atoms with Crippen LogP contribution in [0.2, 0.25) is 0 Å². The Morgan fingerprint density at radius 2 is 2.09 bits per heavy atom. The molecule has 1 aromatic rings. The number of ether oxygens (including phenoxy) is 1. The zero-order chi connectivity index (χ0) is 17.1. The molecule has 1 aromatic heterocycles. The van der Waals surface area contributed by atoms with Crippen LogP contribution in [0.15, 0.2) is 10.4 Å². The highest BCUT2D eigenvalue weighted by Crippen LogP contribution is 2.30. The summed E-state index contributed by atoms with van der Waals surface area (Å²) in [5.74, 6) is 0.537. The van der Waals surface area contributed by atoms with Crippen LogP contribution in [0.4, 0.5) is 13.2 Å². The average molecular weight is 352 g/mol. The van der Waals surface area contributed by atoms with Crippen molar-refractivity contribution in [2.45, 2.75) is 39.4 Å². The topological polar surface area (TPSA) is 58.5 Å². The molecule has 0 saturated carbocycles. The second-order valence-electron chi connectivity index (χ2n) is 4.71. The molecule has 0 aliphatic carbocycles. The third-order valence-electron chi connectivity index (χ3n) is 2.74. The molecule has 0 aromatic carbocycles. The number of hydrogen-bond acceptors (Lipinski definition) is 4. The Morgan fingerprint density at radius 3 is 2.70 bits per heavy atom. The van der Waals surface area contributed by atoms with Crippen LogP contribution in [-0.2, 0) is 17.5 Å². The van der Waals surface area contributed by atoms with E-state index in [0.717, 1.165) is 36.2 Å². The number of rotatable bonds is 9. The second-order valence-corrected chi connectivity index (χ2v) is 5.65. The van der Waals surface area contributed by atoms with Crippen molar-refractivity contribution >= 4 is 17.3 Å². The first-order valence-corrected chi connectivity index (χ1v) is 8.46. The molecular formula is C14H23F3N4OS. The number of halogens is 3. The van der Waals surface area contributed by atoms with Gasteiger partial charge in [0.1, 0.15) is 5.01 Å². The molecule has 9 heteroatoms. The molecule has 23 heavy (non-hydrogen) atoms. The van der Waals surface area contributed by atoms with Crippen LogP contribution >= 0.6 is 11.3 Å². The maximum Gasteiger partial charge on any atom is 0.434 e. The van der Waals surface area contributed by atoms with Gasteiger partial charge in [0, 0.05) is 25.1 Å². The van der Waals surface area contributed by atoms with Crippen LogP contribution in [0.1, 0.15) is 37.4 Å². The lowest BCUT2D eigenvalue weighted by atomic mass is 10.4. The molecule has 132 valence electrons. The first-order chi connectivity index (χ1) is 11.0. The Morgan fingerprint density at radius 1 is 1.30 bits per heavy atom. The molecule has 0 aliphatic heterocycles. The van der Waals surface area contributed by atoms with Gasteiger partial charge >= 0.3 is 6.18 Å². The van der Waals surface area contributed by atoms with E-state index in [9.17, 15) is 13.2 Å². The number of alkyl halides is 3. The molecule has 0 radical (unpaired) electrons. The van der Waals surface area contributed by atoms with Gasteiger partial charge in [-0.1, -0.05) is 13.3 Å². The summed E-state index contributed by atoms with van der Waals surface area (Å²) < 4.78 is 42.9. The predicted octanol–water partition coefficient (Wildman–Crippen LogP) is 3.03. The lowest BCUT2D eigenvalue weighted by Gasteiger charge is -2.11. The third-order valence-corrected chi connectivity index (χ3v) is 3.57. The quantitative estimate of drug-likeness (QED) is 0.407. The molecule has 0 saturated heterocycles. The van der Waals surface area contributed by atoms with Crippen molar-refractivity contribution in [2.24, 2.45) is 4.99 Å². The van der Waals surface area contributed by atoms with E-state index in [4.69, 9.17) is 4.74 Å². The summed E-state index contributed by atoms with van der Waals surface area (Å²) in [6.07, 6.45) is -2.29. The largest absolute Gasteiger partial charge is 0.434 e. The van der Waals surface area contributed by atoms with Gasteiger partial charge in [-0.05, 0) is 13.3 Å². The molecule has 5 nitrogen and oxygen atoms in total. The molecule has 0 bridgehead atoms. The first-order valence-electron chi connectivity index (χ1n) is 7.58. The van der Waals surface area contributed by atoms with Crippen LogP contribution in [-0.4, -0.2) is 37.2 Å². The van der Waals surface area contributed by atoms with E-state index >= 15 is 0 Å². The molecule has 0 amide bonds. The summed E-state index contributed by atoms with van der Waals surface area (Å²) in [6.45, 7) is 6.65. The molecule has 0 aliphatic rings. The smallest absolute Gasteiger partial charge is 0.380 e. The lowest BCUT2D eigenvalue weighted by molar-refractivity contribution is -0.140. The van der Waals surface area contributed by atoms with Gasteiger partial charge in [-0.3, -0.25) is 0 Å².